The van der Waals surface area contributed by atoms with E-state index in [2.05, 4.69) is 15.4 Å². The van der Waals surface area contributed by atoms with Crippen LogP contribution in [0.15, 0.2) is 36.7 Å². The number of benzene rings is 1. The van der Waals surface area contributed by atoms with Crippen molar-refractivity contribution in [3.63, 3.8) is 0 Å². The summed E-state index contributed by atoms with van der Waals surface area (Å²) in [5, 5.41) is 0. The second kappa shape index (κ2) is 4.75. The maximum absolute atomic E-state index is 13.6. The van der Waals surface area contributed by atoms with Gasteiger partial charge in [-0.15, -0.1) is 0 Å². The van der Waals surface area contributed by atoms with Gasteiger partial charge in [0.1, 0.15) is 23.8 Å². The van der Waals surface area contributed by atoms with Crippen molar-refractivity contribution in [1.29, 1.82) is 0 Å². The first-order chi connectivity index (χ1) is 8.22. The number of rotatable bonds is 3. The Kier molecular flexibility index (Phi) is 3.15. The van der Waals surface area contributed by atoms with Gasteiger partial charge < -0.3 is 10.3 Å². The van der Waals surface area contributed by atoms with Crippen molar-refractivity contribution < 1.29 is 4.39 Å². The Labute approximate surface area is 98.1 Å². The maximum Gasteiger partial charge on any atom is 0.146 e. The van der Waals surface area contributed by atoms with Crippen LogP contribution in [0.3, 0.4) is 0 Å². The van der Waals surface area contributed by atoms with Gasteiger partial charge in [-0.1, -0.05) is 12.1 Å². The Morgan fingerprint density at radius 1 is 1.29 bits per heavy atom. The number of anilines is 3. The fourth-order valence-corrected chi connectivity index (χ4v) is 1.46. The highest BCUT2D eigenvalue weighted by atomic mass is 19.1. The summed E-state index contributed by atoms with van der Waals surface area (Å²) in [4.78, 5) is 9.57. The van der Waals surface area contributed by atoms with E-state index in [-0.39, 0.29) is 5.82 Å². The van der Waals surface area contributed by atoms with E-state index in [1.807, 2.05) is 0 Å². The highest BCUT2D eigenvalue weighted by molar-refractivity contribution is 5.61. The van der Waals surface area contributed by atoms with Crippen LogP contribution in [0.4, 0.5) is 21.7 Å². The van der Waals surface area contributed by atoms with E-state index in [1.54, 1.807) is 36.2 Å². The van der Waals surface area contributed by atoms with E-state index >= 15 is 0 Å². The molecule has 0 radical (unpaired) electrons. The predicted molar refractivity (Wildman–Crippen MR) is 64.3 cm³/mol. The van der Waals surface area contributed by atoms with E-state index in [0.717, 1.165) is 0 Å². The van der Waals surface area contributed by atoms with E-state index in [1.165, 1.54) is 12.4 Å². The summed E-state index contributed by atoms with van der Waals surface area (Å²) < 4.78 is 13.6. The summed E-state index contributed by atoms with van der Waals surface area (Å²) in [6, 6.07) is 8.10. The smallest absolute Gasteiger partial charge is 0.146 e. The first-order valence-electron chi connectivity index (χ1n) is 4.99. The SMILES string of the molecule is CN(c1cc(NN)ncn1)c1ccccc1F. The van der Waals surface area contributed by atoms with Gasteiger partial charge in [0, 0.05) is 13.1 Å². The molecule has 0 atom stereocenters. The standard InChI is InChI=1S/C11H12FN5/c1-17(9-5-3-2-4-8(9)12)11-6-10(16-13)14-7-15-11/h2-7H,13H2,1H3,(H,14,15,16). The van der Waals surface area contributed by atoms with Crippen molar-refractivity contribution in [2.75, 3.05) is 17.4 Å². The predicted octanol–water partition coefficient (Wildman–Crippen LogP) is 1.67. The summed E-state index contributed by atoms with van der Waals surface area (Å²) >= 11 is 0. The zero-order valence-electron chi connectivity index (χ0n) is 9.26. The third-order valence-electron chi connectivity index (χ3n) is 2.36. The Bertz CT molecular complexity index is 517. The molecule has 5 nitrogen and oxygen atoms in total. The van der Waals surface area contributed by atoms with Crippen LogP contribution in [0.1, 0.15) is 0 Å². The number of aromatic nitrogens is 2. The van der Waals surface area contributed by atoms with E-state index in [9.17, 15) is 4.39 Å². The van der Waals surface area contributed by atoms with Gasteiger partial charge in [0.2, 0.25) is 0 Å². The monoisotopic (exact) mass is 233 g/mol. The van der Waals surface area contributed by atoms with Crippen molar-refractivity contribution in [1.82, 2.24) is 9.97 Å². The molecular formula is C11H12FN5. The minimum Gasteiger partial charge on any atom is -0.327 e. The topological polar surface area (TPSA) is 67.1 Å². The van der Waals surface area contributed by atoms with Crippen molar-refractivity contribution in [3.05, 3.63) is 42.5 Å². The normalized spacial score (nSPS) is 10.1. The number of halogens is 1. The molecule has 88 valence electrons. The van der Waals surface area contributed by atoms with Gasteiger partial charge in [-0.25, -0.2) is 20.2 Å². The molecule has 1 aromatic carbocycles. The van der Waals surface area contributed by atoms with Gasteiger partial charge in [0.05, 0.1) is 5.69 Å². The van der Waals surface area contributed by atoms with Crippen LogP contribution in [-0.2, 0) is 0 Å². The van der Waals surface area contributed by atoms with Crippen LogP contribution in [-0.4, -0.2) is 17.0 Å². The van der Waals surface area contributed by atoms with Crippen molar-refractivity contribution in [2.45, 2.75) is 0 Å². The van der Waals surface area contributed by atoms with Crippen LogP contribution in [0.2, 0.25) is 0 Å². The molecule has 0 aliphatic carbocycles. The van der Waals surface area contributed by atoms with Gasteiger partial charge in [0.25, 0.3) is 0 Å². The molecule has 0 bridgehead atoms. The van der Waals surface area contributed by atoms with Gasteiger partial charge in [-0.3, -0.25) is 0 Å². The van der Waals surface area contributed by atoms with Crippen LogP contribution < -0.4 is 16.2 Å². The van der Waals surface area contributed by atoms with E-state index in [0.29, 0.717) is 17.3 Å². The van der Waals surface area contributed by atoms with Gasteiger partial charge in [-0.05, 0) is 12.1 Å². The lowest BCUT2D eigenvalue weighted by Crippen LogP contribution is -2.15. The van der Waals surface area contributed by atoms with E-state index < -0.39 is 0 Å². The third kappa shape index (κ3) is 2.31. The number of hydrogen-bond acceptors (Lipinski definition) is 5. The van der Waals surface area contributed by atoms with Crippen LogP contribution in [0.25, 0.3) is 0 Å². The Morgan fingerprint density at radius 2 is 2.06 bits per heavy atom. The lowest BCUT2D eigenvalue weighted by molar-refractivity contribution is 0.627. The molecule has 3 N–H and O–H groups in total. The minimum absolute atomic E-state index is 0.309. The number of nitrogens with one attached hydrogen (secondary N) is 1. The molecule has 2 aromatic rings. The van der Waals surface area contributed by atoms with Gasteiger partial charge >= 0.3 is 0 Å². The molecule has 0 aliphatic heterocycles. The third-order valence-corrected chi connectivity index (χ3v) is 2.36. The number of nitrogens with two attached hydrogens (primary N) is 1. The highest BCUT2D eigenvalue weighted by Crippen LogP contribution is 2.24. The molecule has 0 saturated heterocycles. The quantitative estimate of drug-likeness (QED) is 0.623. The average Bonchev–Trinajstić information content (AvgIpc) is 2.38. The summed E-state index contributed by atoms with van der Waals surface area (Å²) in [6.45, 7) is 0. The second-order valence-electron chi connectivity index (χ2n) is 3.42. The maximum atomic E-state index is 13.6. The number of nitrogens with zero attached hydrogens (tertiary/aromatic N) is 3. The Hall–Kier alpha value is -2.21. The molecule has 0 unspecified atom stereocenters. The molecule has 0 fully saturated rings. The highest BCUT2D eigenvalue weighted by Gasteiger charge is 2.10. The molecule has 2 rings (SSSR count). The fraction of sp³-hybridized carbons (Fsp3) is 0.0909. The summed E-state index contributed by atoms with van der Waals surface area (Å²) in [5.74, 6) is 5.97. The minimum atomic E-state index is -0.309. The molecule has 1 aromatic heterocycles. The molecule has 0 saturated carbocycles. The number of para-hydroxylation sites is 1. The van der Waals surface area contributed by atoms with Crippen molar-refractivity contribution in [2.24, 2.45) is 5.84 Å². The lowest BCUT2D eigenvalue weighted by atomic mass is 10.3. The molecule has 0 spiro atoms. The van der Waals surface area contributed by atoms with Crippen LogP contribution >= 0.6 is 0 Å². The molecule has 6 heteroatoms. The summed E-state index contributed by atoms with van der Waals surface area (Å²) in [6.07, 6.45) is 1.36. The zero-order valence-corrected chi connectivity index (χ0v) is 9.26. The van der Waals surface area contributed by atoms with Gasteiger partial charge in [0.15, 0.2) is 0 Å². The van der Waals surface area contributed by atoms with Crippen LogP contribution in [0, 0.1) is 5.82 Å². The molecular weight excluding hydrogens is 221 g/mol. The first kappa shape index (κ1) is 11.3. The largest absolute Gasteiger partial charge is 0.327 e. The average molecular weight is 233 g/mol. The second-order valence-corrected chi connectivity index (χ2v) is 3.42. The van der Waals surface area contributed by atoms with Crippen molar-refractivity contribution >= 4 is 17.3 Å². The molecule has 17 heavy (non-hydrogen) atoms. The Morgan fingerprint density at radius 3 is 2.76 bits per heavy atom. The first-order valence-corrected chi connectivity index (χ1v) is 4.99. The summed E-state index contributed by atoms with van der Waals surface area (Å²) in [7, 11) is 1.72. The van der Waals surface area contributed by atoms with E-state index in [4.69, 9.17) is 5.84 Å². The number of hydrogen-bond donors (Lipinski definition) is 2. The lowest BCUT2D eigenvalue weighted by Gasteiger charge is -2.18. The number of hydrazine groups is 1. The zero-order chi connectivity index (χ0) is 12.3. The number of nitrogen functional groups attached to an aromatic ring is 1. The molecule has 0 aliphatic rings. The van der Waals surface area contributed by atoms with Crippen LogP contribution in [0.5, 0.6) is 0 Å². The fourth-order valence-electron chi connectivity index (χ4n) is 1.46. The van der Waals surface area contributed by atoms with Crippen molar-refractivity contribution in [3.8, 4) is 0 Å². The summed E-state index contributed by atoms with van der Waals surface area (Å²) in [5.41, 5.74) is 2.86. The molecule has 0 amide bonds. The van der Waals surface area contributed by atoms with Gasteiger partial charge in [-0.2, -0.15) is 0 Å². The molecule has 1 heterocycles. The Balaban J connectivity index is 2.37.